The lowest BCUT2D eigenvalue weighted by atomic mass is 10.2. The zero-order chi connectivity index (χ0) is 11.7. The van der Waals surface area contributed by atoms with Crippen molar-refractivity contribution < 1.29 is 0 Å². The predicted octanol–water partition coefficient (Wildman–Crippen LogP) is 2.72. The van der Waals surface area contributed by atoms with Crippen LogP contribution in [0.4, 0.5) is 5.13 Å². The van der Waals surface area contributed by atoms with Crippen LogP contribution in [-0.2, 0) is 6.54 Å². The molecule has 0 unspecified atom stereocenters. The van der Waals surface area contributed by atoms with Crippen LogP contribution in [0.15, 0.2) is 18.2 Å². The molecule has 0 aliphatic rings. The number of nitrogen functional groups attached to an aromatic ring is 1. The molecule has 3 nitrogen and oxygen atoms in total. The Kier molecular flexibility index (Phi) is 3.12. The van der Waals surface area contributed by atoms with Gasteiger partial charge in [0.2, 0.25) is 0 Å². The van der Waals surface area contributed by atoms with Crippen LogP contribution in [0.25, 0.3) is 10.2 Å². The molecular formula is C12H17N3S. The number of aromatic nitrogens is 1. The van der Waals surface area contributed by atoms with Crippen molar-refractivity contribution in [2.24, 2.45) is 0 Å². The predicted molar refractivity (Wildman–Crippen MR) is 70.6 cm³/mol. The molecule has 0 bridgehead atoms. The van der Waals surface area contributed by atoms with E-state index in [9.17, 15) is 0 Å². The van der Waals surface area contributed by atoms with E-state index < -0.39 is 0 Å². The Labute approximate surface area is 99.9 Å². The number of nitrogens with zero attached hydrogens (tertiary/aromatic N) is 2. The molecule has 0 fully saturated rings. The first kappa shape index (κ1) is 11.4. The van der Waals surface area contributed by atoms with Gasteiger partial charge in [-0.2, -0.15) is 0 Å². The molecule has 2 N–H and O–H groups in total. The lowest BCUT2D eigenvalue weighted by Gasteiger charge is -2.20. The van der Waals surface area contributed by atoms with Gasteiger partial charge in [0, 0.05) is 12.6 Å². The normalized spacial score (nSPS) is 11.8. The number of rotatable bonds is 3. The van der Waals surface area contributed by atoms with Crippen molar-refractivity contribution >= 4 is 26.7 Å². The van der Waals surface area contributed by atoms with Crippen LogP contribution in [-0.4, -0.2) is 23.0 Å². The number of benzene rings is 1. The van der Waals surface area contributed by atoms with Gasteiger partial charge in [-0.05, 0) is 38.6 Å². The van der Waals surface area contributed by atoms with Crippen molar-refractivity contribution in [2.75, 3.05) is 12.8 Å². The summed E-state index contributed by atoms with van der Waals surface area (Å²) < 4.78 is 1.17. The SMILES string of the molecule is CC(C)N(C)Cc1ccc2nc(N)sc2c1. The molecule has 0 saturated heterocycles. The van der Waals surface area contributed by atoms with E-state index in [-0.39, 0.29) is 0 Å². The standard InChI is InChI=1S/C12H17N3S/c1-8(2)15(3)7-9-4-5-10-11(6-9)16-12(13)14-10/h4-6,8H,7H2,1-3H3,(H2,13,14). The molecule has 0 aliphatic heterocycles. The Bertz CT molecular complexity index is 490. The van der Waals surface area contributed by atoms with Crippen LogP contribution < -0.4 is 5.73 Å². The third-order valence-corrected chi connectivity index (χ3v) is 3.63. The van der Waals surface area contributed by atoms with Gasteiger partial charge in [0.05, 0.1) is 10.2 Å². The Morgan fingerprint density at radius 2 is 2.19 bits per heavy atom. The van der Waals surface area contributed by atoms with Crippen molar-refractivity contribution in [1.82, 2.24) is 9.88 Å². The van der Waals surface area contributed by atoms with E-state index in [1.165, 1.54) is 10.3 Å². The zero-order valence-corrected chi connectivity index (χ0v) is 10.7. The fourth-order valence-corrected chi connectivity index (χ4v) is 2.35. The summed E-state index contributed by atoms with van der Waals surface area (Å²) in [7, 11) is 2.13. The molecule has 2 rings (SSSR count). The van der Waals surface area contributed by atoms with E-state index in [1.54, 1.807) is 11.3 Å². The largest absolute Gasteiger partial charge is 0.375 e. The highest BCUT2D eigenvalue weighted by Crippen LogP contribution is 2.25. The molecule has 0 saturated carbocycles. The number of fused-ring (bicyclic) bond motifs is 1. The molecule has 1 aromatic carbocycles. The van der Waals surface area contributed by atoms with Crippen LogP contribution in [0.3, 0.4) is 0 Å². The van der Waals surface area contributed by atoms with Gasteiger partial charge >= 0.3 is 0 Å². The minimum atomic E-state index is 0.558. The van der Waals surface area contributed by atoms with E-state index in [0.717, 1.165) is 12.1 Å². The molecule has 86 valence electrons. The summed E-state index contributed by atoms with van der Waals surface area (Å²) in [6.45, 7) is 5.36. The monoisotopic (exact) mass is 235 g/mol. The summed E-state index contributed by atoms with van der Waals surface area (Å²) in [6, 6.07) is 6.91. The minimum absolute atomic E-state index is 0.558. The molecule has 0 amide bonds. The summed E-state index contributed by atoms with van der Waals surface area (Å²) in [5.74, 6) is 0. The zero-order valence-electron chi connectivity index (χ0n) is 9.90. The summed E-state index contributed by atoms with van der Waals surface area (Å²) in [6.07, 6.45) is 0. The molecular weight excluding hydrogens is 218 g/mol. The van der Waals surface area contributed by atoms with Crippen molar-refractivity contribution in [3.63, 3.8) is 0 Å². The third kappa shape index (κ3) is 2.33. The van der Waals surface area contributed by atoms with Gasteiger partial charge < -0.3 is 5.73 Å². The minimum Gasteiger partial charge on any atom is -0.375 e. The van der Waals surface area contributed by atoms with Crippen LogP contribution in [0.5, 0.6) is 0 Å². The molecule has 16 heavy (non-hydrogen) atoms. The van der Waals surface area contributed by atoms with E-state index >= 15 is 0 Å². The summed E-state index contributed by atoms with van der Waals surface area (Å²) >= 11 is 1.55. The lowest BCUT2D eigenvalue weighted by Crippen LogP contribution is -2.25. The van der Waals surface area contributed by atoms with Gasteiger partial charge in [0.1, 0.15) is 0 Å². The fourth-order valence-electron chi connectivity index (χ4n) is 1.56. The van der Waals surface area contributed by atoms with Crippen molar-refractivity contribution in [3.8, 4) is 0 Å². The van der Waals surface area contributed by atoms with Crippen molar-refractivity contribution in [3.05, 3.63) is 23.8 Å². The molecule has 1 heterocycles. The summed E-state index contributed by atoms with van der Waals surface area (Å²) in [4.78, 5) is 6.56. The van der Waals surface area contributed by atoms with Gasteiger partial charge in [0.25, 0.3) is 0 Å². The molecule has 4 heteroatoms. The lowest BCUT2D eigenvalue weighted by molar-refractivity contribution is 0.266. The Morgan fingerprint density at radius 1 is 1.44 bits per heavy atom. The van der Waals surface area contributed by atoms with Crippen molar-refractivity contribution in [1.29, 1.82) is 0 Å². The fraction of sp³-hybridized carbons (Fsp3) is 0.417. The average Bonchev–Trinajstić information content (AvgIpc) is 2.57. The quantitative estimate of drug-likeness (QED) is 0.889. The van der Waals surface area contributed by atoms with Crippen LogP contribution in [0.1, 0.15) is 19.4 Å². The van der Waals surface area contributed by atoms with E-state index in [2.05, 4.69) is 42.9 Å². The second-order valence-electron chi connectivity index (χ2n) is 4.36. The topological polar surface area (TPSA) is 42.2 Å². The van der Waals surface area contributed by atoms with E-state index in [1.807, 2.05) is 6.07 Å². The van der Waals surface area contributed by atoms with Crippen molar-refractivity contribution in [2.45, 2.75) is 26.4 Å². The molecule has 0 aliphatic carbocycles. The average molecular weight is 235 g/mol. The first-order valence-corrected chi connectivity index (χ1v) is 6.23. The highest BCUT2D eigenvalue weighted by Gasteiger charge is 2.06. The van der Waals surface area contributed by atoms with Gasteiger partial charge in [-0.1, -0.05) is 17.4 Å². The highest BCUT2D eigenvalue weighted by atomic mass is 32.1. The van der Waals surface area contributed by atoms with Crippen LogP contribution in [0, 0.1) is 0 Å². The third-order valence-electron chi connectivity index (χ3n) is 2.78. The highest BCUT2D eigenvalue weighted by molar-refractivity contribution is 7.22. The smallest absolute Gasteiger partial charge is 0.181 e. The Balaban J connectivity index is 2.25. The summed E-state index contributed by atoms with van der Waals surface area (Å²) in [5, 5.41) is 0.643. The maximum atomic E-state index is 5.69. The summed E-state index contributed by atoms with van der Waals surface area (Å²) in [5.41, 5.74) is 8.00. The maximum absolute atomic E-state index is 5.69. The first-order valence-electron chi connectivity index (χ1n) is 5.41. The van der Waals surface area contributed by atoms with E-state index in [0.29, 0.717) is 11.2 Å². The van der Waals surface area contributed by atoms with E-state index in [4.69, 9.17) is 5.73 Å². The second-order valence-corrected chi connectivity index (χ2v) is 5.43. The molecule has 2 aromatic rings. The van der Waals surface area contributed by atoms with Gasteiger partial charge in [-0.25, -0.2) is 4.98 Å². The number of thiazole rings is 1. The van der Waals surface area contributed by atoms with Gasteiger partial charge in [-0.3, -0.25) is 4.90 Å². The first-order chi connectivity index (χ1) is 7.56. The van der Waals surface area contributed by atoms with Crippen LogP contribution in [0.2, 0.25) is 0 Å². The number of anilines is 1. The Morgan fingerprint density at radius 3 is 2.88 bits per heavy atom. The molecule has 0 spiro atoms. The molecule has 0 atom stereocenters. The maximum Gasteiger partial charge on any atom is 0.181 e. The van der Waals surface area contributed by atoms with Gasteiger partial charge in [-0.15, -0.1) is 0 Å². The number of nitrogens with two attached hydrogens (primary N) is 1. The molecule has 0 radical (unpaired) electrons. The molecule has 1 aromatic heterocycles. The number of hydrogen-bond donors (Lipinski definition) is 1. The number of hydrogen-bond acceptors (Lipinski definition) is 4. The van der Waals surface area contributed by atoms with Crippen LogP contribution >= 0.6 is 11.3 Å². The van der Waals surface area contributed by atoms with Gasteiger partial charge in [0.15, 0.2) is 5.13 Å². The Hall–Kier alpha value is -1.13. The second kappa shape index (κ2) is 4.39.